The van der Waals surface area contributed by atoms with Gasteiger partial charge in [-0.3, -0.25) is 0 Å². The van der Waals surface area contributed by atoms with Crippen LogP contribution in [0, 0.1) is 25.7 Å². The SMILES string of the molecule is CC.Cc1cc(OCC2CCC(C(F)(F)F)CC2)nc(C)n1. The van der Waals surface area contributed by atoms with Crippen LogP contribution in [0.3, 0.4) is 0 Å². The van der Waals surface area contributed by atoms with E-state index in [9.17, 15) is 13.2 Å². The number of hydrogen-bond acceptors (Lipinski definition) is 3. The largest absolute Gasteiger partial charge is 0.477 e. The lowest BCUT2D eigenvalue weighted by atomic mass is 9.82. The van der Waals surface area contributed by atoms with E-state index in [0.717, 1.165) is 5.69 Å². The second-order valence-corrected chi connectivity index (χ2v) is 5.47. The van der Waals surface area contributed by atoms with Crippen LogP contribution in [-0.2, 0) is 0 Å². The van der Waals surface area contributed by atoms with Crippen molar-refractivity contribution in [3.05, 3.63) is 17.6 Å². The third-order valence-corrected chi connectivity index (χ3v) is 3.72. The van der Waals surface area contributed by atoms with E-state index < -0.39 is 12.1 Å². The highest BCUT2D eigenvalue weighted by Crippen LogP contribution is 2.39. The molecule has 1 aromatic rings. The van der Waals surface area contributed by atoms with Gasteiger partial charge in [0, 0.05) is 11.8 Å². The maximum absolute atomic E-state index is 12.6. The molecule has 0 aliphatic heterocycles. The van der Waals surface area contributed by atoms with Crippen molar-refractivity contribution in [2.24, 2.45) is 11.8 Å². The zero-order valence-electron chi connectivity index (χ0n) is 13.7. The number of nitrogens with zero attached hydrogens (tertiary/aromatic N) is 2. The molecule has 1 heterocycles. The van der Waals surface area contributed by atoms with Crippen molar-refractivity contribution in [3.63, 3.8) is 0 Å². The molecule has 0 saturated heterocycles. The number of aryl methyl sites for hydroxylation is 2. The predicted octanol–water partition coefficient (Wildman–Crippen LogP) is 4.87. The second kappa shape index (κ2) is 8.34. The minimum Gasteiger partial charge on any atom is -0.477 e. The summed E-state index contributed by atoms with van der Waals surface area (Å²) in [5, 5.41) is 0. The van der Waals surface area contributed by atoms with Gasteiger partial charge in [-0.05, 0) is 45.4 Å². The van der Waals surface area contributed by atoms with Crippen LogP contribution in [0.15, 0.2) is 6.07 Å². The van der Waals surface area contributed by atoms with Crippen LogP contribution in [0.2, 0.25) is 0 Å². The maximum Gasteiger partial charge on any atom is 0.391 e. The maximum atomic E-state index is 12.6. The summed E-state index contributed by atoms with van der Waals surface area (Å²) in [7, 11) is 0. The molecule has 1 aliphatic rings. The van der Waals surface area contributed by atoms with E-state index >= 15 is 0 Å². The average Bonchev–Trinajstić information content (AvgIpc) is 2.46. The Balaban J connectivity index is 0.00000116. The van der Waals surface area contributed by atoms with Crippen molar-refractivity contribution in [1.82, 2.24) is 9.97 Å². The molecule has 126 valence electrons. The van der Waals surface area contributed by atoms with Gasteiger partial charge in [-0.15, -0.1) is 0 Å². The molecule has 0 aromatic carbocycles. The van der Waals surface area contributed by atoms with Crippen molar-refractivity contribution in [1.29, 1.82) is 0 Å². The van der Waals surface area contributed by atoms with Crippen LogP contribution in [0.4, 0.5) is 13.2 Å². The Kier molecular flexibility index (Phi) is 7.10. The summed E-state index contributed by atoms with van der Waals surface area (Å²) in [5.74, 6) is 0.195. The van der Waals surface area contributed by atoms with Crippen molar-refractivity contribution < 1.29 is 17.9 Å². The first-order valence-electron chi connectivity index (χ1n) is 7.86. The zero-order valence-corrected chi connectivity index (χ0v) is 13.7. The third kappa shape index (κ3) is 5.81. The molecule has 0 bridgehead atoms. The van der Waals surface area contributed by atoms with Gasteiger partial charge < -0.3 is 4.74 Å². The molecule has 0 amide bonds. The van der Waals surface area contributed by atoms with Crippen molar-refractivity contribution in [3.8, 4) is 5.88 Å². The van der Waals surface area contributed by atoms with Crippen molar-refractivity contribution in [2.75, 3.05) is 6.61 Å². The van der Waals surface area contributed by atoms with E-state index in [4.69, 9.17) is 4.74 Å². The first kappa shape index (κ1) is 18.7. The molecule has 22 heavy (non-hydrogen) atoms. The summed E-state index contributed by atoms with van der Waals surface area (Å²) in [6, 6.07) is 1.74. The molecule has 2 rings (SSSR count). The van der Waals surface area contributed by atoms with Gasteiger partial charge in [0.05, 0.1) is 12.5 Å². The standard InChI is InChI=1S/C14H19F3N2O.C2H6/c1-9-7-13(19-10(2)18-9)20-8-11-3-5-12(6-4-11)14(15,16)17;1-2/h7,11-12H,3-6,8H2,1-2H3;1-2H3. The van der Waals surface area contributed by atoms with Crippen LogP contribution in [-0.4, -0.2) is 22.8 Å². The Morgan fingerprint density at radius 1 is 1.09 bits per heavy atom. The minimum atomic E-state index is -4.05. The average molecular weight is 318 g/mol. The van der Waals surface area contributed by atoms with Crippen LogP contribution in [0.5, 0.6) is 5.88 Å². The zero-order chi connectivity index (χ0) is 16.8. The van der Waals surface area contributed by atoms with Gasteiger partial charge in [0.15, 0.2) is 0 Å². The highest BCUT2D eigenvalue weighted by atomic mass is 19.4. The lowest BCUT2D eigenvalue weighted by molar-refractivity contribution is -0.184. The molecule has 0 atom stereocenters. The Morgan fingerprint density at radius 2 is 1.68 bits per heavy atom. The summed E-state index contributed by atoms with van der Waals surface area (Å²) in [6.45, 7) is 8.07. The van der Waals surface area contributed by atoms with Gasteiger partial charge in [-0.25, -0.2) is 4.98 Å². The van der Waals surface area contributed by atoms with Gasteiger partial charge in [0.25, 0.3) is 0 Å². The van der Waals surface area contributed by atoms with Crippen molar-refractivity contribution >= 4 is 0 Å². The second-order valence-electron chi connectivity index (χ2n) is 5.47. The first-order chi connectivity index (χ1) is 10.3. The Morgan fingerprint density at radius 3 is 2.18 bits per heavy atom. The van der Waals surface area contributed by atoms with Crippen LogP contribution in [0.25, 0.3) is 0 Å². The fourth-order valence-corrected chi connectivity index (χ4v) is 2.62. The number of aromatic nitrogens is 2. The molecule has 1 aliphatic carbocycles. The van der Waals surface area contributed by atoms with Gasteiger partial charge in [-0.2, -0.15) is 18.2 Å². The number of halogens is 3. The molecule has 0 radical (unpaired) electrons. The first-order valence-corrected chi connectivity index (χ1v) is 7.86. The molecule has 1 fully saturated rings. The molecule has 1 aromatic heterocycles. The molecular formula is C16H25F3N2O. The Hall–Kier alpha value is -1.33. The number of rotatable bonds is 3. The van der Waals surface area contributed by atoms with Gasteiger partial charge in [0.1, 0.15) is 5.82 Å². The van der Waals surface area contributed by atoms with E-state index in [0.29, 0.717) is 31.2 Å². The fraction of sp³-hybridized carbons (Fsp3) is 0.750. The molecular weight excluding hydrogens is 293 g/mol. The van der Waals surface area contributed by atoms with Crippen LogP contribution in [0.1, 0.15) is 51.0 Å². The number of alkyl halides is 3. The van der Waals surface area contributed by atoms with E-state index in [1.54, 1.807) is 13.0 Å². The molecule has 0 N–H and O–H groups in total. The normalized spacial score (nSPS) is 21.8. The van der Waals surface area contributed by atoms with E-state index in [1.807, 2.05) is 20.8 Å². The number of hydrogen-bond donors (Lipinski definition) is 0. The lowest BCUT2D eigenvalue weighted by Gasteiger charge is -2.29. The van der Waals surface area contributed by atoms with E-state index in [1.165, 1.54) is 0 Å². The monoisotopic (exact) mass is 318 g/mol. The molecule has 1 saturated carbocycles. The topological polar surface area (TPSA) is 35.0 Å². The van der Waals surface area contributed by atoms with Gasteiger partial charge >= 0.3 is 6.18 Å². The smallest absolute Gasteiger partial charge is 0.391 e. The van der Waals surface area contributed by atoms with E-state index in [-0.39, 0.29) is 18.8 Å². The highest BCUT2D eigenvalue weighted by Gasteiger charge is 2.41. The summed E-state index contributed by atoms with van der Waals surface area (Å²) in [4.78, 5) is 8.31. The summed E-state index contributed by atoms with van der Waals surface area (Å²) >= 11 is 0. The summed E-state index contributed by atoms with van der Waals surface area (Å²) in [6.07, 6.45) is -2.51. The molecule has 0 spiro atoms. The van der Waals surface area contributed by atoms with Crippen molar-refractivity contribution in [2.45, 2.75) is 59.6 Å². The summed E-state index contributed by atoms with van der Waals surface area (Å²) in [5.41, 5.74) is 0.827. The Labute approximate surface area is 130 Å². The molecule has 6 heteroatoms. The molecule has 0 unspecified atom stereocenters. The van der Waals surface area contributed by atoms with Crippen LogP contribution >= 0.6 is 0 Å². The van der Waals surface area contributed by atoms with Gasteiger partial charge in [0.2, 0.25) is 5.88 Å². The molecule has 3 nitrogen and oxygen atoms in total. The van der Waals surface area contributed by atoms with Crippen LogP contribution < -0.4 is 4.74 Å². The lowest BCUT2D eigenvalue weighted by Crippen LogP contribution is -2.29. The highest BCUT2D eigenvalue weighted by molar-refractivity contribution is 5.14. The number of ether oxygens (including phenoxy) is 1. The third-order valence-electron chi connectivity index (χ3n) is 3.72. The predicted molar refractivity (Wildman–Crippen MR) is 79.9 cm³/mol. The summed E-state index contributed by atoms with van der Waals surface area (Å²) < 4.78 is 43.3. The quantitative estimate of drug-likeness (QED) is 0.797. The minimum absolute atomic E-state index is 0.184. The van der Waals surface area contributed by atoms with Gasteiger partial charge in [-0.1, -0.05) is 13.8 Å². The Bertz CT molecular complexity index is 435. The van der Waals surface area contributed by atoms with E-state index in [2.05, 4.69) is 9.97 Å². The fourth-order valence-electron chi connectivity index (χ4n) is 2.62.